The zero-order chi connectivity index (χ0) is 27.2. The normalized spacial score (nSPS) is 19.2. The molecule has 2 aliphatic rings. The van der Waals surface area contributed by atoms with Crippen LogP contribution >= 0.6 is 0 Å². The predicted molar refractivity (Wildman–Crippen MR) is 151 cm³/mol. The fourth-order valence-electron chi connectivity index (χ4n) is 5.88. The van der Waals surface area contributed by atoms with Gasteiger partial charge in [0.2, 0.25) is 0 Å². The third kappa shape index (κ3) is 4.75. The van der Waals surface area contributed by atoms with Gasteiger partial charge < -0.3 is 19.2 Å². The SMILES string of the molecule is O=c1c2cncc(N3CC(c4ccc(F)cc4)C3)c2ccn1Cc1cn2cc(CNCC3CC(F)C3)ccc2n1. The van der Waals surface area contributed by atoms with Crippen LogP contribution in [0.5, 0.6) is 0 Å². The highest BCUT2D eigenvalue weighted by Gasteiger charge is 2.30. The Labute approximate surface area is 230 Å². The average Bonchev–Trinajstić information content (AvgIpc) is 3.31. The predicted octanol–water partition coefficient (Wildman–Crippen LogP) is 4.67. The van der Waals surface area contributed by atoms with Gasteiger partial charge >= 0.3 is 0 Å². The summed E-state index contributed by atoms with van der Waals surface area (Å²) in [5, 5.41) is 4.88. The molecule has 5 aromatic rings. The molecule has 1 N–H and O–H groups in total. The van der Waals surface area contributed by atoms with Crippen LogP contribution < -0.4 is 15.8 Å². The van der Waals surface area contributed by atoms with Crippen molar-refractivity contribution in [3.63, 3.8) is 0 Å². The number of benzene rings is 1. The zero-order valence-electron chi connectivity index (χ0n) is 22.0. The lowest BCUT2D eigenvalue weighted by Crippen LogP contribution is -2.45. The van der Waals surface area contributed by atoms with Gasteiger partial charge in [0.15, 0.2) is 0 Å². The fraction of sp³-hybridized carbons (Fsp3) is 0.323. The Balaban J connectivity index is 1.05. The van der Waals surface area contributed by atoms with Crippen LogP contribution in [0.4, 0.5) is 14.5 Å². The molecule has 2 fully saturated rings. The average molecular weight is 541 g/mol. The number of alkyl halides is 1. The van der Waals surface area contributed by atoms with Crippen LogP contribution in [0.15, 0.2) is 78.2 Å². The van der Waals surface area contributed by atoms with Crippen molar-refractivity contribution in [1.29, 1.82) is 0 Å². The molecule has 1 aliphatic heterocycles. The second-order valence-corrected chi connectivity index (χ2v) is 11.1. The first-order valence-electron chi connectivity index (χ1n) is 13.8. The van der Waals surface area contributed by atoms with Crippen molar-refractivity contribution in [2.75, 3.05) is 24.5 Å². The van der Waals surface area contributed by atoms with Gasteiger partial charge in [-0.25, -0.2) is 13.8 Å². The van der Waals surface area contributed by atoms with E-state index in [4.69, 9.17) is 4.98 Å². The van der Waals surface area contributed by atoms with E-state index in [1.165, 1.54) is 12.1 Å². The molecule has 0 unspecified atom stereocenters. The lowest BCUT2D eigenvalue weighted by Gasteiger charge is -2.41. The van der Waals surface area contributed by atoms with Crippen molar-refractivity contribution in [2.45, 2.75) is 38.0 Å². The molecule has 0 radical (unpaired) electrons. The van der Waals surface area contributed by atoms with E-state index in [1.807, 2.05) is 59.5 Å². The minimum atomic E-state index is -0.622. The third-order valence-electron chi connectivity index (χ3n) is 8.28. The molecule has 7 rings (SSSR count). The summed E-state index contributed by atoms with van der Waals surface area (Å²) in [6.45, 7) is 3.51. The first-order chi connectivity index (χ1) is 19.5. The third-order valence-corrected chi connectivity index (χ3v) is 8.28. The summed E-state index contributed by atoms with van der Waals surface area (Å²) in [7, 11) is 0. The largest absolute Gasteiger partial charge is 0.368 e. The van der Waals surface area contributed by atoms with E-state index in [2.05, 4.69) is 15.2 Å². The first-order valence-corrected chi connectivity index (χ1v) is 13.8. The molecule has 5 heterocycles. The molecule has 204 valence electrons. The van der Waals surface area contributed by atoms with Gasteiger partial charge in [0.25, 0.3) is 5.56 Å². The van der Waals surface area contributed by atoms with Crippen molar-refractivity contribution < 1.29 is 8.78 Å². The van der Waals surface area contributed by atoms with Gasteiger partial charge in [-0.1, -0.05) is 18.2 Å². The number of fused-ring (bicyclic) bond motifs is 2. The number of halogens is 2. The van der Waals surface area contributed by atoms with E-state index in [-0.39, 0.29) is 11.4 Å². The smallest absolute Gasteiger partial charge is 0.260 e. The maximum Gasteiger partial charge on any atom is 0.260 e. The molecule has 9 heteroatoms. The molecule has 7 nitrogen and oxygen atoms in total. The number of rotatable bonds is 8. The van der Waals surface area contributed by atoms with E-state index < -0.39 is 6.17 Å². The molecule has 4 aromatic heterocycles. The van der Waals surface area contributed by atoms with Crippen molar-refractivity contribution in [1.82, 2.24) is 24.3 Å². The van der Waals surface area contributed by atoms with Crippen LogP contribution in [0, 0.1) is 11.7 Å². The summed E-state index contributed by atoms with van der Waals surface area (Å²) in [5.74, 6) is 0.540. The van der Waals surface area contributed by atoms with Crippen LogP contribution in [0.3, 0.4) is 0 Å². The molecule has 0 bridgehead atoms. The summed E-state index contributed by atoms with van der Waals surface area (Å²) in [5.41, 5.74) is 4.70. The summed E-state index contributed by atoms with van der Waals surface area (Å²) in [4.78, 5) is 24.7. The Kier molecular flexibility index (Phi) is 6.31. The van der Waals surface area contributed by atoms with E-state index in [9.17, 15) is 13.6 Å². The maximum absolute atomic E-state index is 13.4. The number of hydrogen-bond donors (Lipinski definition) is 1. The Morgan fingerprint density at radius 3 is 2.60 bits per heavy atom. The topological polar surface area (TPSA) is 67.5 Å². The Morgan fingerprint density at radius 2 is 1.80 bits per heavy atom. The van der Waals surface area contributed by atoms with Crippen LogP contribution in [-0.2, 0) is 13.1 Å². The summed E-state index contributed by atoms with van der Waals surface area (Å²) in [6.07, 6.45) is 9.98. The van der Waals surface area contributed by atoms with E-state index in [0.717, 1.165) is 59.7 Å². The number of anilines is 1. The molecule has 40 heavy (non-hydrogen) atoms. The van der Waals surface area contributed by atoms with Gasteiger partial charge in [0.05, 0.1) is 29.5 Å². The number of pyridine rings is 3. The van der Waals surface area contributed by atoms with Crippen LogP contribution in [0.25, 0.3) is 16.4 Å². The number of aromatic nitrogens is 4. The number of nitrogens with zero attached hydrogens (tertiary/aromatic N) is 5. The molecular formula is C31H30F2N6O. The standard InChI is InChI=1S/C31H30F2N6O/c32-24-4-2-22(3-5-24)23-16-38(17-23)29-14-35-13-28-27(29)7-8-37(31(28)40)18-26-19-39-15-20(1-6-30(39)36-26)11-34-12-21-9-25(33)10-21/h1-8,13-15,19,21,23,25,34H,9-12,16-18H2. The quantitative estimate of drug-likeness (QED) is 0.310. The second kappa shape index (κ2) is 10.1. The Hall–Kier alpha value is -4.11. The Morgan fingerprint density at radius 1 is 0.975 bits per heavy atom. The van der Waals surface area contributed by atoms with Crippen LogP contribution in [0.1, 0.15) is 35.6 Å². The molecule has 1 saturated carbocycles. The molecule has 0 amide bonds. The van der Waals surface area contributed by atoms with E-state index >= 15 is 0 Å². The highest BCUT2D eigenvalue weighted by molar-refractivity contribution is 5.93. The molecular weight excluding hydrogens is 510 g/mol. The monoisotopic (exact) mass is 540 g/mol. The highest BCUT2D eigenvalue weighted by Crippen LogP contribution is 2.34. The Bertz CT molecular complexity index is 1740. The van der Waals surface area contributed by atoms with Gasteiger partial charge in [0, 0.05) is 55.7 Å². The molecule has 1 aromatic carbocycles. The zero-order valence-corrected chi connectivity index (χ0v) is 22.0. The van der Waals surface area contributed by atoms with Gasteiger partial charge in [0.1, 0.15) is 17.6 Å². The van der Waals surface area contributed by atoms with Crippen molar-refractivity contribution >= 4 is 22.1 Å². The van der Waals surface area contributed by atoms with Gasteiger partial charge in [-0.15, -0.1) is 0 Å². The highest BCUT2D eigenvalue weighted by atomic mass is 19.1. The number of nitrogens with one attached hydrogen (secondary N) is 1. The van der Waals surface area contributed by atoms with E-state index in [0.29, 0.717) is 36.6 Å². The van der Waals surface area contributed by atoms with Crippen molar-refractivity contribution in [2.24, 2.45) is 5.92 Å². The summed E-state index contributed by atoms with van der Waals surface area (Å²) < 4.78 is 30.0. The minimum Gasteiger partial charge on any atom is -0.368 e. The summed E-state index contributed by atoms with van der Waals surface area (Å²) in [6, 6.07) is 12.7. The van der Waals surface area contributed by atoms with Gasteiger partial charge in [-0.2, -0.15) is 0 Å². The van der Waals surface area contributed by atoms with Gasteiger partial charge in [-0.05, 0) is 60.7 Å². The maximum atomic E-state index is 13.4. The summed E-state index contributed by atoms with van der Waals surface area (Å²) >= 11 is 0. The first kappa shape index (κ1) is 24.9. The fourth-order valence-corrected chi connectivity index (χ4v) is 5.88. The molecule has 1 saturated heterocycles. The van der Waals surface area contributed by atoms with Crippen LogP contribution in [-0.4, -0.2) is 44.7 Å². The van der Waals surface area contributed by atoms with Crippen molar-refractivity contribution in [3.05, 3.63) is 106 Å². The number of hydrogen-bond acceptors (Lipinski definition) is 5. The molecule has 0 atom stereocenters. The van der Waals surface area contributed by atoms with Crippen LogP contribution in [0.2, 0.25) is 0 Å². The van der Waals surface area contributed by atoms with E-state index in [1.54, 1.807) is 10.8 Å². The lowest BCUT2D eigenvalue weighted by atomic mass is 9.83. The second-order valence-electron chi connectivity index (χ2n) is 11.1. The lowest BCUT2D eigenvalue weighted by molar-refractivity contribution is 0.129. The van der Waals surface area contributed by atoms with Gasteiger partial charge in [-0.3, -0.25) is 9.78 Å². The molecule has 0 spiro atoms. The molecule has 1 aliphatic carbocycles. The van der Waals surface area contributed by atoms with Crippen molar-refractivity contribution in [3.8, 4) is 0 Å². The minimum absolute atomic E-state index is 0.101. The number of imidazole rings is 1.